The van der Waals surface area contributed by atoms with Crippen LogP contribution in [0.5, 0.6) is 0 Å². The van der Waals surface area contributed by atoms with E-state index in [1.54, 1.807) is 0 Å². The Bertz CT molecular complexity index is 637. The second-order valence-electron chi connectivity index (χ2n) is 5.94. The first kappa shape index (κ1) is 14.6. The average Bonchev–Trinajstić information content (AvgIpc) is 2.41. The number of hydrogen-bond donors (Lipinski definition) is 1. The van der Waals surface area contributed by atoms with Crippen LogP contribution >= 0.6 is 0 Å². The van der Waals surface area contributed by atoms with Crippen LogP contribution in [0.25, 0.3) is 0 Å². The van der Waals surface area contributed by atoms with Gasteiger partial charge in [-0.1, -0.05) is 17.7 Å². The molecule has 0 aliphatic heterocycles. The molecule has 0 atom stereocenters. The van der Waals surface area contributed by atoms with Crippen molar-refractivity contribution in [3.8, 4) is 0 Å². The quantitative estimate of drug-likeness (QED) is 0.748. The van der Waals surface area contributed by atoms with Gasteiger partial charge in [0.25, 0.3) is 0 Å². The molecule has 0 amide bonds. The first-order chi connectivity index (χ1) is 9.32. The second kappa shape index (κ2) is 5.32. The zero-order valence-electron chi connectivity index (χ0n) is 13.7. The Kier molecular flexibility index (Phi) is 3.89. The van der Waals surface area contributed by atoms with Crippen molar-refractivity contribution in [2.45, 2.75) is 48.5 Å². The summed E-state index contributed by atoms with van der Waals surface area (Å²) in [4.78, 5) is 0. The van der Waals surface area contributed by atoms with E-state index >= 15 is 0 Å². The molecule has 2 aromatic carbocycles. The Morgan fingerprint density at radius 1 is 0.650 bits per heavy atom. The molecule has 0 bridgehead atoms. The average molecular weight is 267 g/mol. The minimum Gasteiger partial charge on any atom is -0.355 e. The summed E-state index contributed by atoms with van der Waals surface area (Å²) < 4.78 is 0. The van der Waals surface area contributed by atoms with Crippen molar-refractivity contribution < 1.29 is 0 Å². The van der Waals surface area contributed by atoms with Crippen LogP contribution in [0.4, 0.5) is 11.4 Å². The molecule has 0 fully saturated rings. The lowest BCUT2D eigenvalue weighted by Gasteiger charge is -2.21. The molecule has 0 unspecified atom stereocenters. The summed E-state index contributed by atoms with van der Waals surface area (Å²) in [6.45, 7) is 15.3. The number of rotatable bonds is 2. The van der Waals surface area contributed by atoms with Crippen LogP contribution in [0.3, 0.4) is 0 Å². The van der Waals surface area contributed by atoms with Crippen molar-refractivity contribution in [2.24, 2.45) is 0 Å². The Labute approximate surface area is 123 Å². The number of anilines is 2. The van der Waals surface area contributed by atoms with Crippen LogP contribution in [-0.4, -0.2) is 0 Å². The van der Waals surface area contributed by atoms with Crippen molar-refractivity contribution >= 4 is 11.4 Å². The zero-order chi connectivity index (χ0) is 15.0. The minimum absolute atomic E-state index is 1.20. The zero-order valence-corrected chi connectivity index (χ0v) is 13.7. The lowest BCUT2D eigenvalue weighted by Crippen LogP contribution is -2.04. The summed E-state index contributed by atoms with van der Waals surface area (Å²) in [5, 5.41) is 3.64. The van der Waals surface area contributed by atoms with E-state index in [0.717, 1.165) is 0 Å². The van der Waals surface area contributed by atoms with Gasteiger partial charge in [0, 0.05) is 11.4 Å². The Morgan fingerprint density at radius 2 is 1.15 bits per heavy atom. The standard InChI is InChI=1S/C19H25N/c1-11-8-9-18(12(2)10-11)20-19-16(6)14(4)13(3)15(5)17(19)7/h8-10,20H,1-7H3. The molecule has 0 saturated heterocycles. The van der Waals surface area contributed by atoms with Crippen molar-refractivity contribution in [1.29, 1.82) is 0 Å². The number of nitrogens with one attached hydrogen (secondary N) is 1. The second-order valence-corrected chi connectivity index (χ2v) is 5.94. The molecule has 0 saturated carbocycles. The largest absolute Gasteiger partial charge is 0.355 e. The third-order valence-electron chi connectivity index (χ3n) is 4.64. The molecule has 20 heavy (non-hydrogen) atoms. The molecule has 1 N–H and O–H groups in total. The molecule has 2 aromatic rings. The maximum atomic E-state index is 3.64. The van der Waals surface area contributed by atoms with E-state index in [0.29, 0.717) is 0 Å². The van der Waals surface area contributed by atoms with Gasteiger partial charge in [-0.2, -0.15) is 0 Å². The van der Waals surface area contributed by atoms with Crippen LogP contribution in [0.15, 0.2) is 18.2 Å². The van der Waals surface area contributed by atoms with Gasteiger partial charge in [0.15, 0.2) is 0 Å². The van der Waals surface area contributed by atoms with Crippen molar-refractivity contribution in [2.75, 3.05) is 5.32 Å². The molecular formula is C19H25N. The predicted molar refractivity (Wildman–Crippen MR) is 89.3 cm³/mol. The highest BCUT2D eigenvalue weighted by Gasteiger charge is 2.12. The van der Waals surface area contributed by atoms with Gasteiger partial charge in [0.05, 0.1) is 0 Å². The third-order valence-corrected chi connectivity index (χ3v) is 4.64. The van der Waals surface area contributed by atoms with E-state index in [9.17, 15) is 0 Å². The van der Waals surface area contributed by atoms with E-state index in [1.807, 2.05) is 0 Å². The predicted octanol–water partition coefficient (Wildman–Crippen LogP) is 5.59. The summed E-state index contributed by atoms with van der Waals surface area (Å²) in [5.74, 6) is 0. The molecule has 0 radical (unpaired) electrons. The van der Waals surface area contributed by atoms with E-state index in [4.69, 9.17) is 0 Å². The van der Waals surface area contributed by atoms with E-state index in [-0.39, 0.29) is 0 Å². The lowest BCUT2D eigenvalue weighted by molar-refractivity contribution is 1.17. The molecular weight excluding hydrogens is 242 g/mol. The summed E-state index contributed by atoms with van der Waals surface area (Å²) in [6.07, 6.45) is 0. The first-order valence-electron chi connectivity index (χ1n) is 7.24. The summed E-state index contributed by atoms with van der Waals surface area (Å²) in [6, 6.07) is 6.56. The van der Waals surface area contributed by atoms with Gasteiger partial charge in [-0.25, -0.2) is 0 Å². The monoisotopic (exact) mass is 267 g/mol. The number of hydrogen-bond acceptors (Lipinski definition) is 1. The fourth-order valence-electron chi connectivity index (χ4n) is 2.78. The Hall–Kier alpha value is -1.76. The lowest BCUT2D eigenvalue weighted by atomic mass is 9.92. The summed E-state index contributed by atoms with van der Waals surface area (Å²) >= 11 is 0. The van der Waals surface area contributed by atoms with E-state index in [2.05, 4.69) is 72.0 Å². The highest BCUT2D eigenvalue weighted by Crippen LogP contribution is 2.33. The Morgan fingerprint density at radius 3 is 1.65 bits per heavy atom. The first-order valence-corrected chi connectivity index (χ1v) is 7.24. The van der Waals surface area contributed by atoms with Gasteiger partial charge in [0.2, 0.25) is 0 Å². The van der Waals surface area contributed by atoms with Crippen molar-refractivity contribution in [1.82, 2.24) is 0 Å². The highest BCUT2D eigenvalue weighted by molar-refractivity contribution is 5.72. The third kappa shape index (κ3) is 2.45. The summed E-state index contributed by atoms with van der Waals surface area (Å²) in [5.41, 5.74) is 11.9. The number of aryl methyl sites for hydroxylation is 2. The normalized spacial score (nSPS) is 10.8. The van der Waals surface area contributed by atoms with Gasteiger partial charge in [-0.15, -0.1) is 0 Å². The molecule has 0 spiro atoms. The van der Waals surface area contributed by atoms with Gasteiger partial charge in [0.1, 0.15) is 0 Å². The van der Waals surface area contributed by atoms with Gasteiger partial charge in [-0.05, 0) is 87.9 Å². The summed E-state index contributed by atoms with van der Waals surface area (Å²) in [7, 11) is 0. The number of benzene rings is 2. The van der Waals surface area contributed by atoms with Crippen LogP contribution in [0.1, 0.15) is 38.9 Å². The van der Waals surface area contributed by atoms with E-state index < -0.39 is 0 Å². The molecule has 0 aliphatic carbocycles. The van der Waals surface area contributed by atoms with Crippen LogP contribution in [0.2, 0.25) is 0 Å². The van der Waals surface area contributed by atoms with Crippen molar-refractivity contribution in [3.63, 3.8) is 0 Å². The topological polar surface area (TPSA) is 12.0 Å². The molecule has 106 valence electrons. The molecule has 2 rings (SSSR count). The fourth-order valence-corrected chi connectivity index (χ4v) is 2.78. The Balaban J connectivity index is 2.54. The maximum absolute atomic E-state index is 3.64. The van der Waals surface area contributed by atoms with Gasteiger partial charge >= 0.3 is 0 Å². The fraction of sp³-hybridized carbons (Fsp3) is 0.368. The van der Waals surface area contributed by atoms with Crippen molar-refractivity contribution in [3.05, 3.63) is 57.1 Å². The SMILES string of the molecule is Cc1ccc(Nc2c(C)c(C)c(C)c(C)c2C)c(C)c1. The van der Waals surface area contributed by atoms with Gasteiger partial charge in [-0.3, -0.25) is 0 Å². The maximum Gasteiger partial charge on any atom is 0.0449 e. The highest BCUT2D eigenvalue weighted by atomic mass is 14.9. The molecule has 1 heteroatoms. The smallest absolute Gasteiger partial charge is 0.0449 e. The molecule has 0 aliphatic rings. The molecule has 0 aromatic heterocycles. The van der Waals surface area contributed by atoms with Crippen LogP contribution in [-0.2, 0) is 0 Å². The van der Waals surface area contributed by atoms with Gasteiger partial charge < -0.3 is 5.32 Å². The molecule has 1 nitrogen and oxygen atoms in total. The van der Waals surface area contributed by atoms with E-state index in [1.165, 1.54) is 50.3 Å². The van der Waals surface area contributed by atoms with Crippen LogP contribution in [0, 0.1) is 48.5 Å². The minimum atomic E-state index is 1.20. The molecule has 0 heterocycles. The van der Waals surface area contributed by atoms with Crippen LogP contribution < -0.4 is 5.32 Å².